The van der Waals surface area contributed by atoms with Crippen molar-refractivity contribution in [3.8, 4) is 5.75 Å². The fourth-order valence-corrected chi connectivity index (χ4v) is 2.66. The molecule has 0 saturated carbocycles. The number of nitrogens with zero attached hydrogens (tertiary/aromatic N) is 1. The number of alkyl halides is 3. The number of carbonyl (C=O) groups excluding carboxylic acids is 2. The number of halogens is 3. The number of aromatic hydroxyl groups is 1. The van der Waals surface area contributed by atoms with Crippen LogP contribution in [0.25, 0.3) is 6.08 Å². The van der Waals surface area contributed by atoms with Gasteiger partial charge in [-0.25, -0.2) is 0 Å². The molecule has 0 aromatic heterocycles. The molecule has 0 radical (unpaired) electrons. The molecule has 0 unspecified atom stereocenters. The van der Waals surface area contributed by atoms with Crippen LogP contribution in [0.3, 0.4) is 0 Å². The first kappa shape index (κ1) is 16.2. The Morgan fingerprint density at radius 2 is 2.00 bits per heavy atom. The smallest absolute Gasteiger partial charge is 0.419 e. The van der Waals surface area contributed by atoms with Gasteiger partial charge in [0.05, 0.1) is 10.5 Å². The fraction of sp³-hybridized carbons (Fsp3) is 0.143. The Morgan fingerprint density at radius 3 is 2.59 bits per heavy atom. The van der Waals surface area contributed by atoms with Crippen LogP contribution in [0.1, 0.15) is 11.1 Å². The molecule has 0 spiro atoms. The van der Waals surface area contributed by atoms with Crippen LogP contribution in [0.2, 0.25) is 0 Å². The number of amides is 2. The van der Waals surface area contributed by atoms with Crippen molar-refractivity contribution in [1.29, 1.82) is 0 Å². The number of thioether (sulfide) groups is 1. The van der Waals surface area contributed by atoms with Crippen LogP contribution in [0, 0.1) is 0 Å². The third-order valence-corrected chi connectivity index (χ3v) is 3.72. The number of hydrogen-bond donors (Lipinski definition) is 1. The summed E-state index contributed by atoms with van der Waals surface area (Å²) in [4.78, 5) is 24.5. The number of phenols is 1. The summed E-state index contributed by atoms with van der Waals surface area (Å²) in [5, 5.41) is 8.74. The Labute approximate surface area is 127 Å². The Morgan fingerprint density at radius 1 is 1.32 bits per heavy atom. The van der Waals surface area contributed by atoms with Gasteiger partial charge >= 0.3 is 6.18 Å². The van der Waals surface area contributed by atoms with Gasteiger partial charge in [-0.15, -0.1) is 6.58 Å². The molecule has 2 rings (SSSR count). The molecular formula is C14H10F3NO3S. The van der Waals surface area contributed by atoms with E-state index in [0.717, 1.165) is 17.0 Å². The Hall–Kier alpha value is -2.22. The molecule has 1 saturated heterocycles. The second-order valence-corrected chi connectivity index (χ2v) is 5.35. The third kappa shape index (κ3) is 3.16. The first-order valence-electron chi connectivity index (χ1n) is 6.00. The minimum atomic E-state index is -4.71. The molecule has 1 N–H and O–H groups in total. The van der Waals surface area contributed by atoms with Gasteiger partial charge in [0.25, 0.3) is 11.1 Å². The highest BCUT2D eigenvalue weighted by atomic mass is 32.2. The monoisotopic (exact) mass is 329 g/mol. The van der Waals surface area contributed by atoms with Gasteiger partial charge in [0, 0.05) is 6.54 Å². The van der Waals surface area contributed by atoms with Gasteiger partial charge in [-0.1, -0.05) is 12.1 Å². The number of phenolic OH excluding ortho intramolecular Hbond substituents is 1. The highest BCUT2D eigenvalue weighted by molar-refractivity contribution is 8.18. The molecule has 4 nitrogen and oxygen atoms in total. The summed E-state index contributed by atoms with van der Waals surface area (Å²) < 4.78 is 38.2. The van der Waals surface area contributed by atoms with Crippen molar-refractivity contribution in [1.82, 2.24) is 4.90 Å². The lowest BCUT2D eigenvalue weighted by Gasteiger charge is -2.10. The second kappa shape index (κ2) is 5.88. The van der Waals surface area contributed by atoms with Gasteiger partial charge in [0.2, 0.25) is 0 Å². The molecule has 1 aliphatic rings. The van der Waals surface area contributed by atoms with Crippen molar-refractivity contribution in [2.45, 2.75) is 6.18 Å². The molecule has 1 aromatic carbocycles. The van der Waals surface area contributed by atoms with Crippen molar-refractivity contribution >= 4 is 29.0 Å². The molecule has 0 aliphatic carbocycles. The molecule has 2 amide bonds. The molecule has 116 valence electrons. The number of hydrogen-bond acceptors (Lipinski definition) is 4. The summed E-state index contributed by atoms with van der Waals surface area (Å²) in [7, 11) is 0. The largest absolute Gasteiger partial charge is 0.507 e. The molecule has 0 bridgehead atoms. The van der Waals surface area contributed by atoms with E-state index in [2.05, 4.69) is 6.58 Å². The molecule has 8 heteroatoms. The van der Waals surface area contributed by atoms with E-state index in [-0.39, 0.29) is 17.0 Å². The van der Waals surface area contributed by atoms with E-state index >= 15 is 0 Å². The second-order valence-electron chi connectivity index (χ2n) is 4.36. The number of benzene rings is 1. The first-order chi connectivity index (χ1) is 10.2. The molecule has 1 aliphatic heterocycles. The van der Waals surface area contributed by atoms with Crippen molar-refractivity contribution in [2.75, 3.05) is 6.54 Å². The zero-order valence-corrected chi connectivity index (χ0v) is 11.9. The van der Waals surface area contributed by atoms with Crippen LogP contribution in [-0.4, -0.2) is 27.7 Å². The minimum Gasteiger partial charge on any atom is -0.507 e. The average Bonchev–Trinajstić information content (AvgIpc) is 2.68. The van der Waals surface area contributed by atoms with Crippen molar-refractivity contribution in [3.05, 3.63) is 46.9 Å². The van der Waals surface area contributed by atoms with Gasteiger partial charge in [-0.2, -0.15) is 13.2 Å². The Balaban J connectivity index is 2.37. The van der Waals surface area contributed by atoms with Gasteiger partial charge in [-0.3, -0.25) is 14.5 Å². The lowest BCUT2D eigenvalue weighted by Crippen LogP contribution is -2.27. The number of carbonyl (C=O) groups is 2. The van der Waals surface area contributed by atoms with E-state index in [0.29, 0.717) is 11.8 Å². The van der Waals surface area contributed by atoms with Crippen LogP contribution in [0.4, 0.5) is 18.0 Å². The van der Waals surface area contributed by atoms with Crippen LogP contribution >= 0.6 is 11.8 Å². The molecule has 0 atom stereocenters. The van der Waals surface area contributed by atoms with E-state index in [4.69, 9.17) is 0 Å². The molecule has 1 heterocycles. The predicted octanol–water partition coefficient (Wildman–Crippen LogP) is 3.63. The maximum absolute atomic E-state index is 12.7. The van der Waals surface area contributed by atoms with Crippen molar-refractivity contribution in [3.63, 3.8) is 0 Å². The van der Waals surface area contributed by atoms with E-state index in [1.807, 2.05) is 0 Å². The number of rotatable bonds is 3. The Kier molecular flexibility index (Phi) is 4.32. The van der Waals surface area contributed by atoms with Crippen LogP contribution < -0.4 is 0 Å². The van der Waals surface area contributed by atoms with Gasteiger partial charge < -0.3 is 5.11 Å². The lowest BCUT2D eigenvalue weighted by molar-refractivity contribution is -0.138. The lowest BCUT2D eigenvalue weighted by atomic mass is 10.1. The summed E-state index contributed by atoms with van der Waals surface area (Å²) in [6.07, 6.45) is -2.15. The molecular weight excluding hydrogens is 319 g/mol. The molecule has 22 heavy (non-hydrogen) atoms. The summed E-state index contributed by atoms with van der Waals surface area (Å²) in [5.41, 5.74) is -1.14. The summed E-state index contributed by atoms with van der Waals surface area (Å²) in [6.45, 7) is 3.46. The maximum Gasteiger partial charge on any atom is 0.419 e. The fourth-order valence-electron chi connectivity index (χ4n) is 1.81. The van der Waals surface area contributed by atoms with Crippen LogP contribution in [0.15, 0.2) is 35.8 Å². The van der Waals surface area contributed by atoms with Gasteiger partial charge in [0.15, 0.2) is 0 Å². The standard InChI is InChI=1S/C14H10F3NO3S/c1-2-5-18-12(20)11(22-13(18)21)7-8-3-4-10(19)9(6-8)14(15,16)17/h2-4,6-7,19H,1,5H2. The predicted molar refractivity (Wildman–Crippen MR) is 76.0 cm³/mol. The Bertz CT molecular complexity index is 682. The third-order valence-electron chi connectivity index (χ3n) is 2.81. The minimum absolute atomic E-state index is 0.0191. The van der Waals surface area contributed by atoms with Crippen LogP contribution in [0.5, 0.6) is 5.75 Å². The van der Waals surface area contributed by atoms with Crippen molar-refractivity contribution < 1.29 is 27.9 Å². The average molecular weight is 329 g/mol. The maximum atomic E-state index is 12.7. The quantitative estimate of drug-likeness (QED) is 0.679. The first-order valence-corrected chi connectivity index (χ1v) is 6.82. The summed E-state index contributed by atoms with van der Waals surface area (Å²) in [6, 6.07) is 2.84. The van der Waals surface area contributed by atoms with Crippen molar-refractivity contribution in [2.24, 2.45) is 0 Å². The zero-order valence-electron chi connectivity index (χ0n) is 11.1. The van der Waals surface area contributed by atoms with E-state index in [1.54, 1.807) is 0 Å². The van der Waals surface area contributed by atoms with Gasteiger partial charge in [-0.05, 0) is 35.5 Å². The highest BCUT2D eigenvalue weighted by Gasteiger charge is 2.35. The number of imide groups is 1. The summed E-state index contributed by atoms with van der Waals surface area (Å²) >= 11 is 0.641. The summed E-state index contributed by atoms with van der Waals surface area (Å²) in [5.74, 6) is -1.49. The van der Waals surface area contributed by atoms with Gasteiger partial charge in [0.1, 0.15) is 5.75 Å². The molecule has 1 fully saturated rings. The zero-order chi connectivity index (χ0) is 16.5. The molecule has 1 aromatic rings. The van der Waals surface area contributed by atoms with Crippen LogP contribution in [-0.2, 0) is 11.0 Å². The van der Waals surface area contributed by atoms with E-state index < -0.39 is 28.6 Å². The van der Waals surface area contributed by atoms with E-state index in [9.17, 15) is 27.9 Å². The topological polar surface area (TPSA) is 57.6 Å². The SMILES string of the molecule is C=CCN1C(=O)SC(=Cc2ccc(O)c(C(F)(F)F)c2)C1=O. The van der Waals surface area contributed by atoms with E-state index in [1.165, 1.54) is 18.2 Å². The normalized spacial score (nSPS) is 17.4. The highest BCUT2D eigenvalue weighted by Crippen LogP contribution is 2.37.